The number of piperidine rings is 1. The molecule has 0 amide bonds. The van der Waals surface area contributed by atoms with Gasteiger partial charge in [-0.2, -0.15) is 0 Å². The Kier molecular flexibility index (Phi) is 1.49. The van der Waals surface area contributed by atoms with E-state index in [0.29, 0.717) is 17.8 Å². The van der Waals surface area contributed by atoms with Crippen molar-refractivity contribution in [3.05, 3.63) is 0 Å². The highest BCUT2D eigenvalue weighted by Gasteiger charge is 2.38. The summed E-state index contributed by atoms with van der Waals surface area (Å²) in [6, 6.07) is 0. The van der Waals surface area contributed by atoms with E-state index in [2.05, 4.69) is 5.32 Å². The van der Waals surface area contributed by atoms with Crippen molar-refractivity contribution in [2.45, 2.75) is 12.8 Å². The van der Waals surface area contributed by atoms with Crippen LogP contribution in [0.3, 0.4) is 0 Å². The molecule has 2 nitrogen and oxygen atoms in total. The van der Waals surface area contributed by atoms with E-state index in [0.717, 1.165) is 13.1 Å². The number of nitrogens with one attached hydrogen (secondary N) is 1. The van der Waals surface area contributed by atoms with E-state index < -0.39 is 0 Å². The Hall–Kier alpha value is -0.370. The molecule has 1 saturated carbocycles. The molecule has 0 radical (unpaired) electrons. The quantitative estimate of drug-likeness (QED) is 0.534. The molecule has 0 aromatic rings. The predicted molar refractivity (Wildman–Crippen MR) is 38.6 cm³/mol. The largest absolute Gasteiger partial charge is 0.316 e. The van der Waals surface area contributed by atoms with Crippen molar-refractivity contribution in [3.8, 4) is 0 Å². The van der Waals surface area contributed by atoms with Crippen molar-refractivity contribution in [1.29, 1.82) is 0 Å². The molecule has 0 unspecified atom stereocenters. The van der Waals surface area contributed by atoms with Crippen molar-refractivity contribution >= 4 is 6.29 Å². The molecule has 0 spiro atoms. The number of fused-ring (bicyclic) bond motifs is 2. The van der Waals surface area contributed by atoms with Gasteiger partial charge in [0.15, 0.2) is 0 Å². The molecule has 2 aliphatic rings. The Bertz CT molecular complexity index is 130. The van der Waals surface area contributed by atoms with Gasteiger partial charge >= 0.3 is 0 Å². The third-order valence-corrected chi connectivity index (χ3v) is 2.97. The fourth-order valence-electron chi connectivity index (χ4n) is 2.35. The average molecular weight is 139 g/mol. The molecular formula is C8H13NO. The Balaban J connectivity index is 2.13. The summed E-state index contributed by atoms with van der Waals surface area (Å²) in [5.41, 5.74) is 0. The molecule has 10 heavy (non-hydrogen) atoms. The van der Waals surface area contributed by atoms with Gasteiger partial charge in [0.25, 0.3) is 0 Å². The van der Waals surface area contributed by atoms with E-state index in [9.17, 15) is 4.79 Å². The monoisotopic (exact) mass is 139 g/mol. The SMILES string of the molecule is O=C[C@H]1[C@@H]2CC[C@H]1CNC2. The van der Waals surface area contributed by atoms with Crippen LogP contribution in [0.5, 0.6) is 0 Å². The Morgan fingerprint density at radius 1 is 1.20 bits per heavy atom. The van der Waals surface area contributed by atoms with E-state index in [1.165, 1.54) is 19.1 Å². The molecule has 2 rings (SSSR count). The van der Waals surface area contributed by atoms with Crippen LogP contribution in [-0.4, -0.2) is 19.4 Å². The molecular weight excluding hydrogens is 126 g/mol. The smallest absolute Gasteiger partial charge is 0.123 e. The van der Waals surface area contributed by atoms with Crippen LogP contribution in [-0.2, 0) is 4.79 Å². The molecule has 56 valence electrons. The second kappa shape index (κ2) is 2.35. The van der Waals surface area contributed by atoms with Gasteiger partial charge in [-0.1, -0.05) is 0 Å². The standard InChI is InChI=1S/C8H13NO/c10-5-8-6-1-2-7(8)4-9-3-6/h5-9H,1-4H2/t6-,7+,8+. The molecule has 0 aromatic carbocycles. The minimum Gasteiger partial charge on any atom is -0.316 e. The lowest BCUT2D eigenvalue weighted by Crippen LogP contribution is -2.38. The van der Waals surface area contributed by atoms with Gasteiger partial charge < -0.3 is 10.1 Å². The Morgan fingerprint density at radius 2 is 1.80 bits per heavy atom. The molecule has 1 heterocycles. The van der Waals surface area contributed by atoms with Crippen molar-refractivity contribution in [2.75, 3.05) is 13.1 Å². The lowest BCUT2D eigenvalue weighted by molar-refractivity contribution is -0.113. The van der Waals surface area contributed by atoms with Crippen LogP contribution in [0.2, 0.25) is 0 Å². The fourth-order valence-corrected chi connectivity index (χ4v) is 2.35. The summed E-state index contributed by atoms with van der Waals surface area (Å²) < 4.78 is 0. The van der Waals surface area contributed by atoms with Gasteiger partial charge in [0.1, 0.15) is 6.29 Å². The minimum atomic E-state index is 0.390. The molecule has 1 N–H and O–H groups in total. The molecule has 1 aliphatic heterocycles. The van der Waals surface area contributed by atoms with Crippen LogP contribution in [0.4, 0.5) is 0 Å². The van der Waals surface area contributed by atoms with Crippen LogP contribution < -0.4 is 5.32 Å². The maximum atomic E-state index is 10.6. The van der Waals surface area contributed by atoms with Crippen LogP contribution in [0, 0.1) is 17.8 Å². The van der Waals surface area contributed by atoms with Crippen molar-refractivity contribution in [1.82, 2.24) is 5.32 Å². The zero-order chi connectivity index (χ0) is 6.97. The zero-order valence-corrected chi connectivity index (χ0v) is 6.05. The number of aldehydes is 1. The molecule has 1 saturated heterocycles. The third kappa shape index (κ3) is 0.788. The topological polar surface area (TPSA) is 29.1 Å². The number of carbonyl (C=O) groups is 1. The highest BCUT2D eigenvalue weighted by atomic mass is 16.1. The minimum absolute atomic E-state index is 0.390. The van der Waals surface area contributed by atoms with Crippen molar-refractivity contribution < 1.29 is 4.79 Å². The third-order valence-electron chi connectivity index (χ3n) is 2.97. The van der Waals surface area contributed by atoms with Crippen molar-refractivity contribution in [2.24, 2.45) is 17.8 Å². The summed E-state index contributed by atoms with van der Waals surface area (Å²) in [7, 11) is 0. The number of carbonyl (C=O) groups excluding carboxylic acids is 1. The summed E-state index contributed by atoms with van der Waals surface area (Å²) in [6.45, 7) is 2.14. The van der Waals surface area contributed by atoms with Gasteiger partial charge in [0, 0.05) is 5.92 Å². The summed E-state index contributed by atoms with van der Waals surface area (Å²) in [5, 5.41) is 3.35. The van der Waals surface area contributed by atoms with Gasteiger partial charge in [0.05, 0.1) is 0 Å². The van der Waals surface area contributed by atoms with Gasteiger partial charge in [-0.05, 0) is 37.8 Å². The van der Waals surface area contributed by atoms with Gasteiger partial charge in [-0.15, -0.1) is 0 Å². The summed E-state index contributed by atoms with van der Waals surface area (Å²) in [5.74, 6) is 1.72. The van der Waals surface area contributed by atoms with Crippen LogP contribution in [0.15, 0.2) is 0 Å². The van der Waals surface area contributed by atoms with Crippen molar-refractivity contribution in [3.63, 3.8) is 0 Å². The maximum Gasteiger partial charge on any atom is 0.123 e. The van der Waals surface area contributed by atoms with Gasteiger partial charge in [0.2, 0.25) is 0 Å². The highest BCUT2D eigenvalue weighted by molar-refractivity contribution is 5.55. The normalized spacial score (nSPS) is 45.4. The second-order valence-electron chi connectivity index (χ2n) is 3.47. The van der Waals surface area contributed by atoms with Crippen LogP contribution in [0.25, 0.3) is 0 Å². The van der Waals surface area contributed by atoms with Gasteiger partial charge in [-0.25, -0.2) is 0 Å². The first-order chi connectivity index (χ1) is 4.92. The lowest BCUT2D eigenvalue weighted by atomic mass is 9.88. The molecule has 2 heteroatoms. The summed E-state index contributed by atoms with van der Waals surface area (Å²) in [4.78, 5) is 10.6. The maximum absolute atomic E-state index is 10.6. The summed E-state index contributed by atoms with van der Waals surface area (Å²) >= 11 is 0. The van der Waals surface area contributed by atoms with E-state index in [-0.39, 0.29) is 0 Å². The number of hydrogen-bond donors (Lipinski definition) is 1. The molecule has 0 aromatic heterocycles. The van der Waals surface area contributed by atoms with E-state index in [4.69, 9.17) is 0 Å². The zero-order valence-electron chi connectivity index (χ0n) is 6.05. The number of hydrogen-bond acceptors (Lipinski definition) is 2. The van der Waals surface area contributed by atoms with E-state index >= 15 is 0 Å². The molecule has 2 bridgehead atoms. The Labute approximate surface area is 61.0 Å². The van der Waals surface area contributed by atoms with Crippen LogP contribution in [0.1, 0.15) is 12.8 Å². The molecule has 3 atom stereocenters. The Morgan fingerprint density at radius 3 is 2.20 bits per heavy atom. The highest BCUT2D eigenvalue weighted by Crippen LogP contribution is 2.37. The molecule has 1 aliphatic carbocycles. The van der Waals surface area contributed by atoms with E-state index in [1.807, 2.05) is 0 Å². The van der Waals surface area contributed by atoms with E-state index in [1.54, 1.807) is 0 Å². The first-order valence-electron chi connectivity index (χ1n) is 4.08. The first-order valence-corrected chi connectivity index (χ1v) is 4.08. The van der Waals surface area contributed by atoms with Gasteiger partial charge in [-0.3, -0.25) is 0 Å². The summed E-state index contributed by atoms with van der Waals surface area (Å²) in [6.07, 6.45) is 3.70. The fraction of sp³-hybridized carbons (Fsp3) is 0.875. The average Bonchev–Trinajstić information content (AvgIpc) is 2.19. The predicted octanol–water partition coefficient (Wildman–Crippen LogP) is 0.431. The number of rotatable bonds is 1. The lowest BCUT2D eigenvalue weighted by Gasteiger charge is -2.25. The first kappa shape index (κ1) is 6.35. The molecule has 2 fully saturated rings. The van der Waals surface area contributed by atoms with Crippen LogP contribution >= 0.6 is 0 Å². The second-order valence-corrected chi connectivity index (χ2v) is 3.47.